The van der Waals surface area contributed by atoms with E-state index < -0.39 is 17.4 Å². The summed E-state index contributed by atoms with van der Waals surface area (Å²) in [4.78, 5) is 36.7. The van der Waals surface area contributed by atoms with Crippen molar-refractivity contribution in [2.45, 2.75) is 20.0 Å². The quantitative estimate of drug-likeness (QED) is 0.507. The summed E-state index contributed by atoms with van der Waals surface area (Å²) in [7, 11) is 1.46. The predicted molar refractivity (Wildman–Crippen MR) is 106 cm³/mol. The van der Waals surface area contributed by atoms with Crippen LogP contribution in [0.25, 0.3) is 11.0 Å². The fourth-order valence-corrected chi connectivity index (χ4v) is 2.63. The molecule has 0 saturated heterocycles. The zero-order chi connectivity index (χ0) is 21.0. The number of benzene rings is 2. The van der Waals surface area contributed by atoms with E-state index in [1.165, 1.54) is 25.3 Å². The van der Waals surface area contributed by atoms with Crippen LogP contribution in [0.15, 0.2) is 57.7 Å². The summed E-state index contributed by atoms with van der Waals surface area (Å²) in [5.41, 5.74) is 4.08. The lowest BCUT2D eigenvalue weighted by atomic mass is 10.2. The number of fused-ring (bicyclic) bond motifs is 1. The molecular weight excluding hydrogens is 376 g/mol. The van der Waals surface area contributed by atoms with Gasteiger partial charge < -0.3 is 13.9 Å². The number of ether oxygens (including phenoxy) is 2. The Kier molecular flexibility index (Phi) is 5.82. The number of para-hydroxylation sites is 1. The van der Waals surface area contributed by atoms with Crippen molar-refractivity contribution in [1.29, 1.82) is 0 Å². The molecule has 0 aliphatic rings. The molecule has 0 unspecified atom stereocenters. The van der Waals surface area contributed by atoms with Gasteiger partial charge in [0.15, 0.2) is 11.5 Å². The molecule has 0 radical (unpaired) electrons. The number of nitrogens with one attached hydrogen (secondary N) is 2. The summed E-state index contributed by atoms with van der Waals surface area (Å²) in [6, 6.07) is 12.8. The van der Waals surface area contributed by atoms with E-state index in [2.05, 4.69) is 10.9 Å². The predicted octanol–water partition coefficient (Wildman–Crippen LogP) is 2.66. The summed E-state index contributed by atoms with van der Waals surface area (Å²) < 4.78 is 16.0. The zero-order valence-corrected chi connectivity index (χ0v) is 16.1. The Morgan fingerprint density at radius 2 is 1.69 bits per heavy atom. The molecule has 0 atom stereocenters. The first-order valence-electron chi connectivity index (χ1n) is 8.87. The van der Waals surface area contributed by atoms with Crippen LogP contribution >= 0.6 is 0 Å². The molecule has 2 N–H and O–H groups in total. The van der Waals surface area contributed by atoms with Crippen LogP contribution in [0.2, 0.25) is 0 Å². The number of carbonyl (C=O) groups excluding carboxylic acids is 2. The molecule has 0 bridgehead atoms. The molecule has 0 aliphatic heterocycles. The van der Waals surface area contributed by atoms with Crippen LogP contribution in [-0.4, -0.2) is 25.0 Å². The first-order valence-corrected chi connectivity index (χ1v) is 8.87. The number of rotatable bonds is 5. The largest absolute Gasteiger partial charge is 0.493 e. The molecule has 8 nitrogen and oxygen atoms in total. The lowest BCUT2D eigenvalue weighted by Crippen LogP contribution is -2.43. The van der Waals surface area contributed by atoms with Gasteiger partial charge in [-0.05, 0) is 44.2 Å². The van der Waals surface area contributed by atoms with Crippen LogP contribution in [0, 0.1) is 0 Å². The van der Waals surface area contributed by atoms with Crippen molar-refractivity contribution in [3.8, 4) is 11.5 Å². The SMILES string of the molecule is COc1cc(C(=O)NNC(=O)c2cc3ccccc3oc2=O)ccc1OC(C)C. The Labute approximate surface area is 166 Å². The number of hydrazine groups is 1. The van der Waals surface area contributed by atoms with Crippen molar-refractivity contribution >= 4 is 22.8 Å². The van der Waals surface area contributed by atoms with Crippen molar-refractivity contribution in [3.63, 3.8) is 0 Å². The molecule has 0 fully saturated rings. The highest BCUT2D eigenvalue weighted by molar-refractivity contribution is 6.00. The topological polar surface area (TPSA) is 107 Å². The zero-order valence-electron chi connectivity index (χ0n) is 16.1. The van der Waals surface area contributed by atoms with Gasteiger partial charge in [-0.25, -0.2) is 4.79 Å². The average Bonchev–Trinajstić information content (AvgIpc) is 2.71. The molecule has 2 aromatic carbocycles. The number of carbonyl (C=O) groups is 2. The maximum atomic E-state index is 12.4. The van der Waals surface area contributed by atoms with Crippen LogP contribution in [0.3, 0.4) is 0 Å². The van der Waals surface area contributed by atoms with Gasteiger partial charge in [0.25, 0.3) is 11.8 Å². The van der Waals surface area contributed by atoms with E-state index in [0.717, 1.165) is 0 Å². The van der Waals surface area contributed by atoms with Crippen LogP contribution in [0.4, 0.5) is 0 Å². The van der Waals surface area contributed by atoms with Crippen molar-refractivity contribution < 1.29 is 23.5 Å². The normalized spacial score (nSPS) is 10.6. The summed E-state index contributed by atoms with van der Waals surface area (Å²) in [5, 5.41) is 0.592. The number of hydrogen-bond donors (Lipinski definition) is 2. The van der Waals surface area contributed by atoms with E-state index in [-0.39, 0.29) is 17.2 Å². The number of methoxy groups -OCH3 is 1. The molecular formula is C21H20N2O6. The van der Waals surface area contributed by atoms with Crippen LogP contribution in [0.5, 0.6) is 11.5 Å². The highest BCUT2D eigenvalue weighted by atomic mass is 16.5. The molecule has 1 aromatic heterocycles. The molecule has 2 amide bonds. The van der Waals surface area contributed by atoms with E-state index in [1.807, 2.05) is 13.8 Å². The van der Waals surface area contributed by atoms with E-state index in [0.29, 0.717) is 22.5 Å². The van der Waals surface area contributed by atoms with Gasteiger partial charge in [0.05, 0.1) is 13.2 Å². The fourth-order valence-electron chi connectivity index (χ4n) is 2.63. The van der Waals surface area contributed by atoms with Gasteiger partial charge in [0.1, 0.15) is 11.1 Å². The van der Waals surface area contributed by atoms with Gasteiger partial charge in [-0.15, -0.1) is 0 Å². The van der Waals surface area contributed by atoms with Crippen molar-refractivity contribution in [2.24, 2.45) is 0 Å². The van der Waals surface area contributed by atoms with E-state index in [1.54, 1.807) is 30.3 Å². The monoisotopic (exact) mass is 396 g/mol. The van der Waals surface area contributed by atoms with Gasteiger partial charge in [0.2, 0.25) is 0 Å². The van der Waals surface area contributed by atoms with Crippen LogP contribution < -0.4 is 26.0 Å². The van der Waals surface area contributed by atoms with Crippen molar-refractivity contribution in [3.05, 3.63) is 70.1 Å². The van der Waals surface area contributed by atoms with Gasteiger partial charge >= 0.3 is 5.63 Å². The third-order valence-corrected chi connectivity index (χ3v) is 3.96. The Morgan fingerprint density at radius 3 is 2.41 bits per heavy atom. The van der Waals surface area contributed by atoms with Crippen molar-refractivity contribution in [1.82, 2.24) is 10.9 Å². The highest BCUT2D eigenvalue weighted by Crippen LogP contribution is 2.28. The number of hydrogen-bond acceptors (Lipinski definition) is 6. The second kappa shape index (κ2) is 8.47. The second-order valence-electron chi connectivity index (χ2n) is 6.43. The van der Waals surface area contributed by atoms with E-state index >= 15 is 0 Å². The molecule has 8 heteroatoms. The first-order chi connectivity index (χ1) is 13.9. The van der Waals surface area contributed by atoms with Crippen molar-refractivity contribution in [2.75, 3.05) is 7.11 Å². The fraction of sp³-hybridized carbons (Fsp3) is 0.190. The first kappa shape index (κ1) is 19.9. The Bertz CT molecular complexity index is 1120. The van der Waals surface area contributed by atoms with E-state index in [9.17, 15) is 14.4 Å². The molecule has 3 rings (SSSR count). The maximum Gasteiger partial charge on any atom is 0.349 e. The van der Waals surface area contributed by atoms with Gasteiger partial charge in [0, 0.05) is 10.9 Å². The van der Waals surface area contributed by atoms with Gasteiger partial charge in [-0.1, -0.05) is 18.2 Å². The average molecular weight is 396 g/mol. The summed E-state index contributed by atoms with van der Waals surface area (Å²) >= 11 is 0. The third kappa shape index (κ3) is 4.55. The van der Waals surface area contributed by atoms with Gasteiger partial charge in [-0.3, -0.25) is 20.4 Å². The molecule has 1 heterocycles. The lowest BCUT2D eigenvalue weighted by molar-refractivity contribution is 0.0844. The molecule has 150 valence electrons. The third-order valence-electron chi connectivity index (χ3n) is 3.96. The maximum absolute atomic E-state index is 12.4. The standard InChI is InChI=1S/C21H20N2O6/c1-12(2)28-17-9-8-14(11-18(17)27-3)19(24)22-23-20(25)15-10-13-6-4-5-7-16(13)29-21(15)26/h4-12H,1-3H3,(H,22,24)(H,23,25). The molecule has 3 aromatic rings. The minimum absolute atomic E-state index is 0.0588. The molecule has 0 saturated carbocycles. The molecule has 29 heavy (non-hydrogen) atoms. The highest BCUT2D eigenvalue weighted by Gasteiger charge is 2.16. The Balaban J connectivity index is 1.73. The summed E-state index contributed by atoms with van der Waals surface area (Å²) in [6.07, 6.45) is -0.0588. The molecule has 0 spiro atoms. The Morgan fingerprint density at radius 1 is 0.966 bits per heavy atom. The summed E-state index contributed by atoms with van der Waals surface area (Å²) in [6.45, 7) is 3.75. The van der Waals surface area contributed by atoms with E-state index in [4.69, 9.17) is 13.9 Å². The van der Waals surface area contributed by atoms with Gasteiger partial charge in [-0.2, -0.15) is 0 Å². The smallest absolute Gasteiger partial charge is 0.349 e. The Hall–Kier alpha value is -3.81. The van der Waals surface area contributed by atoms with Crippen LogP contribution in [0.1, 0.15) is 34.6 Å². The minimum atomic E-state index is -0.799. The summed E-state index contributed by atoms with van der Waals surface area (Å²) in [5.74, 6) is -0.493. The second-order valence-corrected chi connectivity index (χ2v) is 6.43. The molecule has 0 aliphatic carbocycles. The minimum Gasteiger partial charge on any atom is -0.493 e. The lowest BCUT2D eigenvalue weighted by Gasteiger charge is -2.14. The van der Waals surface area contributed by atoms with Crippen LogP contribution in [-0.2, 0) is 0 Å². The number of amides is 2.